The van der Waals surface area contributed by atoms with Gasteiger partial charge in [0.25, 0.3) is 5.91 Å². The number of amides is 2. The summed E-state index contributed by atoms with van der Waals surface area (Å²) in [6, 6.07) is 9.07. The van der Waals surface area contributed by atoms with E-state index in [-0.39, 0.29) is 29.9 Å². The van der Waals surface area contributed by atoms with E-state index in [1.165, 1.54) is 17.2 Å². The molecule has 5 nitrogen and oxygen atoms in total. The first kappa shape index (κ1) is 16.2. The molecule has 0 N–H and O–H groups in total. The van der Waals surface area contributed by atoms with Crippen molar-refractivity contribution >= 4 is 11.8 Å². The summed E-state index contributed by atoms with van der Waals surface area (Å²) in [6.07, 6.45) is 2.80. The Morgan fingerprint density at radius 1 is 1.29 bits per heavy atom. The van der Waals surface area contributed by atoms with Gasteiger partial charge in [-0.05, 0) is 31.0 Å². The van der Waals surface area contributed by atoms with Gasteiger partial charge in [-0.25, -0.2) is 4.39 Å². The minimum absolute atomic E-state index is 0.171. The van der Waals surface area contributed by atoms with Crippen LogP contribution in [0, 0.1) is 5.82 Å². The molecule has 1 aromatic carbocycles. The molecule has 1 saturated heterocycles. The standard InChI is InChI=1S/C18H19FN2O3/c1-20(12-13-6-2-3-7-14(13)19)17(22)15-8-4-10-21(15)18(23)16-9-5-11-24-16/h2-3,5-7,9,11,15H,4,8,10,12H2,1H3. The van der Waals surface area contributed by atoms with Crippen LogP contribution in [0.15, 0.2) is 47.1 Å². The van der Waals surface area contributed by atoms with E-state index in [9.17, 15) is 14.0 Å². The minimum Gasteiger partial charge on any atom is -0.459 e. The van der Waals surface area contributed by atoms with Crippen molar-refractivity contribution < 1.29 is 18.4 Å². The quantitative estimate of drug-likeness (QED) is 0.866. The van der Waals surface area contributed by atoms with Crippen molar-refractivity contribution in [1.82, 2.24) is 9.80 Å². The van der Waals surface area contributed by atoms with Crippen LogP contribution < -0.4 is 0 Å². The number of nitrogens with zero attached hydrogens (tertiary/aromatic N) is 2. The average Bonchev–Trinajstić information content (AvgIpc) is 3.27. The largest absolute Gasteiger partial charge is 0.459 e. The third-order valence-corrected chi connectivity index (χ3v) is 4.27. The van der Waals surface area contributed by atoms with Crippen molar-refractivity contribution in [2.45, 2.75) is 25.4 Å². The Kier molecular flexibility index (Phi) is 4.64. The Bertz CT molecular complexity index is 730. The highest BCUT2D eigenvalue weighted by atomic mass is 19.1. The normalized spacial score (nSPS) is 17.1. The summed E-state index contributed by atoms with van der Waals surface area (Å²) in [5.41, 5.74) is 0.454. The van der Waals surface area contributed by atoms with E-state index in [0.29, 0.717) is 18.5 Å². The molecule has 3 rings (SSSR count). The molecular weight excluding hydrogens is 311 g/mol. The fourth-order valence-electron chi connectivity index (χ4n) is 3.02. The monoisotopic (exact) mass is 330 g/mol. The van der Waals surface area contributed by atoms with Crippen molar-refractivity contribution in [3.8, 4) is 0 Å². The van der Waals surface area contributed by atoms with E-state index in [4.69, 9.17) is 4.42 Å². The lowest BCUT2D eigenvalue weighted by molar-refractivity contribution is -0.134. The summed E-state index contributed by atoms with van der Waals surface area (Å²) in [5.74, 6) is -0.579. The predicted molar refractivity (Wildman–Crippen MR) is 85.6 cm³/mol. The van der Waals surface area contributed by atoms with E-state index in [1.807, 2.05) is 0 Å². The summed E-state index contributed by atoms with van der Waals surface area (Å²) >= 11 is 0. The lowest BCUT2D eigenvalue weighted by Crippen LogP contribution is -2.46. The van der Waals surface area contributed by atoms with Gasteiger partial charge in [0, 0.05) is 25.7 Å². The zero-order valence-corrected chi connectivity index (χ0v) is 13.4. The molecule has 0 radical (unpaired) electrons. The molecule has 0 bridgehead atoms. The van der Waals surface area contributed by atoms with Crippen molar-refractivity contribution in [2.75, 3.05) is 13.6 Å². The van der Waals surface area contributed by atoms with E-state index in [0.717, 1.165) is 6.42 Å². The maximum atomic E-state index is 13.8. The topological polar surface area (TPSA) is 53.8 Å². The second-order valence-electron chi connectivity index (χ2n) is 5.92. The minimum atomic E-state index is -0.528. The van der Waals surface area contributed by atoms with Gasteiger partial charge in [0.05, 0.1) is 6.26 Å². The molecule has 1 aliphatic heterocycles. The second-order valence-corrected chi connectivity index (χ2v) is 5.92. The highest BCUT2D eigenvalue weighted by Gasteiger charge is 2.37. The van der Waals surface area contributed by atoms with Crippen LogP contribution in [-0.2, 0) is 11.3 Å². The lowest BCUT2D eigenvalue weighted by atomic mass is 10.1. The van der Waals surface area contributed by atoms with Crippen molar-refractivity contribution in [2.24, 2.45) is 0 Å². The third-order valence-electron chi connectivity index (χ3n) is 4.27. The lowest BCUT2D eigenvalue weighted by Gasteiger charge is -2.27. The molecule has 0 aliphatic carbocycles. The molecule has 0 saturated carbocycles. The number of halogens is 1. The first-order valence-corrected chi connectivity index (χ1v) is 7.91. The summed E-state index contributed by atoms with van der Waals surface area (Å²) in [4.78, 5) is 28.2. The SMILES string of the molecule is CN(Cc1ccccc1F)C(=O)C1CCCN1C(=O)c1ccco1. The zero-order valence-electron chi connectivity index (χ0n) is 13.4. The van der Waals surface area contributed by atoms with Crippen LogP contribution in [0.4, 0.5) is 4.39 Å². The second kappa shape index (κ2) is 6.86. The smallest absolute Gasteiger partial charge is 0.290 e. The van der Waals surface area contributed by atoms with Crippen LogP contribution in [-0.4, -0.2) is 41.2 Å². The number of hydrogen-bond donors (Lipinski definition) is 0. The van der Waals surface area contributed by atoms with Crippen LogP contribution in [0.3, 0.4) is 0 Å². The van der Waals surface area contributed by atoms with Crippen LogP contribution in [0.2, 0.25) is 0 Å². The van der Waals surface area contributed by atoms with E-state index < -0.39 is 6.04 Å². The van der Waals surface area contributed by atoms with Gasteiger partial charge in [-0.1, -0.05) is 18.2 Å². The molecule has 126 valence electrons. The molecule has 0 spiro atoms. The van der Waals surface area contributed by atoms with Gasteiger partial charge >= 0.3 is 0 Å². The van der Waals surface area contributed by atoms with Crippen LogP contribution in [0.25, 0.3) is 0 Å². The number of carbonyl (C=O) groups is 2. The number of likely N-dealkylation sites (N-methyl/N-ethyl adjacent to an activating group) is 1. The first-order chi connectivity index (χ1) is 11.6. The third kappa shape index (κ3) is 3.18. The molecular formula is C18H19FN2O3. The van der Waals surface area contributed by atoms with Gasteiger partial charge in [0.2, 0.25) is 5.91 Å². The van der Waals surface area contributed by atoms with Crippen molar-refractivity contribution in [3.05, 3.63) is 59.8 Å². The number of likely N-dealkylation sites (tertiary alicyclic amines) is 1. The molecule has 2 heterocycles. The van der Waals surface area contributed by atoms with Crippen LogP contribution >= 0.6 is 0 Å². The average molecular weight is 330 g/mol. The molecule has 1 unspecified atom stereocenters. The van der Waals surface area contributed by atoms with Gasteiger partial charge in [-0.15, -0.1) is 0 Å². The molecule has 2 amide bonds. The van der Waals surface area contributed by atoms with Crippen molar-refractivity contribution in [3.63, 3.8) is 0 Å². The molecule has 6 heteroatoms. The van der Waals surface area contributed by atoms with Gasteiger partial charge in [-0.2, -0.15) is 0 Å². The van der Waals surface area contributed by atoms with E-state index in [2.05, 4.69) is 0 Å². The molecule has 1 fully saturated rings. The first-order valence-electron chi connectivity index (χ1n) is 7.91. The predicted octanol–water partition coefficient (Wildman–Crippen LogP) is 2.68. The fraction of sp³-hybridized carbons (Fsp3) is 0.333. The molecule has 2 aromatic rings. The molecule has 1 aliphatic rings. The van der Waals surface area contributed by atoms with Gasteiger partial charge in [0.1, 0.15) is 11.9 Å². The highest BCUT2D eigenvalue weighted by molar-refractivity contribution is 5.95. The fourth-order valence-corrected chi connectivity index (χ4v) is 3.02. The number of rotatable bonds is 4. The van der Waals surface area contributed by atoms with Gasteiger partial charge in [-0.3, -0.25) is 9.59 Å². The number of furan rings is 1. The molecule has 1 aromatic heterocycles. The summed E-state index contributed by atoms with van der Waals surface area (Å²) in [5, 5.41) is 0. The Morgan fingerprint density at radius 2 is 2.08 bits per heavy atom. The molecule has 1 atom stereocenters. The van der Waals surface area contributed by atoms with E-state index in [1.54, 1.807) is 42.3 Å². The number of carbonyl (C=O) groups excluding carboxylic acids is 2. The molecule has 24 heavy (non-hydrogen) atoms. The Morgan fingerprint density at radius 3 is 2.79 bits per heavy atom. The zero-order chi connectivity index (χ0) is 17.1. The summed E-state index contributed by atoms with van der Waals surface area (Å²) in [7, 11) is 1.63. The summed E-state index contributed by atoms with van der Waals surface area (Å²) in [6.45, 7) is 0.689. The highest BCUT2D eigenvalue weighted by Crippen LogP contribution is 2.22. The Balaban J connectivity index is 1.71. The Hall–Kier alpha value is -2.63. The van der Waals surface area contributed by atoms with E-state index >= 15 is 0 Å². The summed E-state index contributed by atoms with van der Waals surface area (Å²) < 4.78 is 18.9. The number of hydrogen-bond acceptors (Lipinski definition) is 3. The van der Waals surface area contributed by atoms with Gasteiger partial charge < -0.3 is 14.2 Å². The Labute approximate surface area is 139 Å². The number of benzene rings is 1. The van der Waals surface area contributed by atoms with Crippen molar-refractivity contribution in [1.29, 1.82) is 0 Å². The van der Waals surface area contributed by atoms with Crippen LogP contribution in [0.1, 0.15) is 29.0 Å². The maximum Gasteiger partial charge on any atom is 0.290 e. The van der Waals surface area contributed by atoms with Crippen LogP contribution in [0.5, 0.6) is 0 Å². The van der Waals surface area contributed by atoms with Gasteiger partial charge in [0.15, 0.2) is 5.76 Å². The maximum absolute atomic E-state index is 13.8.